The molecule has 1 saturated carbocycles. The fourth-order valence-electron chi connectivity index (χ4n) is 2.66. The second-order valence-corrected chi connectivity index (χ2v) is 5.05. The van der Waals surface area contributed by atoms with Gasteiger partial charge in [0.25, 0.3) is 5.91 Å². The molecule has 1 aromatic rings. The Kier molecular flexibility index (Phi) is 2.66. The zero-order valence-corrected chi connectivity index (χ0v) is 10.1. The predicted molar refractivity (Wildman–Crippen MR) is 66.9 cm³/mol. The number of rotatable bonds is 3. The van der Waals surface area contributed by atoms with Gasteiger partial charge in [-0.15, -0.1) is 0 Å². The summed E-state index contributed by atoms with van der Waals surface area (Å²) >= 11 is 0. The third-order valence-electron chi connectivity index (χ3n) is 3.82. The first kappa shape index (κ1) is 11.4. The number of anilines is 1. The first-order chi connectivity index (χ1) is 8.71. The first-order valence-corrected chi connectivity index (χ1v) is 6.34. The van der Waals surface area contributed by atoms with Gasteiger partial charge in [-0.25, -0.2) is 9.97 Å². The van der Waals surface area contributed by atoms with E-state index in [0.29, 0.717) is 6.04 Å². The summed E-state index contributed by atoms with van der Waals surface area (Å²) < 4.78 is 0. The van der Waals surface area contributed by atoms with Crippen LogP contribution in [0.5, 0.6) is 0 Å². The molecule has 96 valence electrons. The van der Waals surface area contributed by atoms with Gasteiger partial charge in [0.05, 0.1) is 5.54 Å². The summed E-state index contributed by atoms with van der Waals surface area (Å²) in [4.78, 5) is 20.0. The second kappa shape index (κ2) is 4.20. The fourth-order valence-corrected chi connectivity index (χ4v) is 2.66. The van der Waals surface area contributed by atoms with Crippen LogP contribution in [0, 0.1) is 0 Å². The normalized spacial score (nSPS) is 24.8. The molecule has 2 aliphatic rings. The number of aromatic nitrogens is 2. The molecule has 3 rings (SSSR count). The van der Waals surface area contributed by atoms with Crippen molar-refractivity contribution in [2.75, 3.05) is 12.3 Å². The van der Waals surface area contributed by atoms with Crippen LogP contribution in [-0.4, -0.2) is 34.0 Å². The molecule has 0 bridgehead atoms. The Labute approximate surface area is 105 Å². The van der Waals surface area contributed by atoms with E-state index in [9.17, 15) is 4.79 Å². The van der Waals surface area contributed by atoms with Crippen molar-refractivity contribution in [3.63, 3.8) is 0 Å². The molecule has 2 fully saturated rings. The second-order valence-electron chi connectivity index (χ2n) is 5.05. The van der Waals surface area contributed by atoms with Gasteiger partial charge in [-0.2, -0.15) is 0 Å². The van der Waals surface area contributed by atoms with E-state index in [1.807, 2.05) is 0 Å². The maximum atomic E-state index is 12.2. The highest BCUT2D eigenvalue weighted by Gasteiger charge is 2.51. The number of nitrogen functional groups attached to an aromatic ring is 1. The number of hydrogen-bond donors (Lipinski definition) is 3. The average molecular weight is 247 g/mol. The molecule has 1 unspecified atom stereocenters. The van der Waals surface area contributed by atoms with Crippen molar-refractivity contribution in [2.24, 2.45) is 0 Å². The van der Waals surface area contributed by atoms with Crippen molar-refractivity contribution in [1.29, 1.82) is 0 Å². The van der Waals surface area contributed by atoms with Gasteiger partial charge in [0.15, 0.2) is 11.5 Å². The summed E-state index contributed by atoms with van der Waals surface area (Å²) in [6.45, 7) is 1.04. The number of hydrogen-bond acceptors (Lipinski definition) is 5. The van der Waals surface area contributed by atoms with Gasteiger partial charge in [0.1, 0.15) is 0 Å². The van der Waals surface area contributed by atoms with Gasteiger partial charge in [-0.3, -0.25) is 4.79 Å². The van der Waals surface area contributed by atoms with Crippen LogP contribution in [-0.2, 0) is 0 Å². The molecule has 6 heteroatoms. The third-order valence-corrected chi connectivity index (χ3v) is 3.82. The number of nitrogens with zero attached hydrogens (tertiary/aromatic N) is 2. The van der Waals surface area contributed by atoms with Gasteiger partial charge >= 0.3 is 0 Å². The monoisotopic (exact) mass is 247 g/mol. The maximum Gasteiger partial charge on any atom is 0.274 e. The van der Waals surface area contributed by atoms with Crippen molar-refractivity contribution in [2.45, 2.75) is 37.3 Å². The number of amides is 1. The Morgan fingerprint density at radius 1 is 1.44 bits per heavy atom. The van der Waals surface area contributed by atoms with Crippen molar-refractivity contribution in [3.05, 3.63) is 18.1 Å². The predicted octanol–water partition coefficient (Wildman–Crippen LogP) is 0.0732. The molecule has 6 nitrogen and oxygen atoms in total. The van der Waals surface area contributed by atoms with Crippen molar-refractivity contribution >= 4 is 11.7 Å². The minimum atomic E-state index is -0.216. The first-order valence-electron chi connectivity index (χ1n) is 6.34. The molecule has 1 amide bonds. The summed E-state index contributed by atoms with van der Waals surface area (Å²) in [5.41, 5.74) is 5.80. The summed E-state index contributed by atoms with van der Waals surface area (Å²) in [5, 5.41) is 6.53. The topological polar surface area (TPSA) is 92.9 Å². The molecule has 4 N–H and O–H groups in total. The van der Waals surface area contributed by atoms with E-state index in [0.717, 1.165) is 25.8 Å². The summed E-state index contributed by atoms with van der Waals surface area (Å²) in [6.07, 6.45) is 7.31. The lowest BCUT2D eigenvalue weighted by Crippen LogP contribution is -2.50. The Bertz CT molecular complexity index is 465. The highest BCUT2D eigenvalue weighted by atomic mass is 16.2. The van der Waals surface area contributed by atoms with E-state index in [2.05, 4.69) is 20.6 Å². The highest BCUT2D eigenvalue weighted by molar-refractivity contribution is 5.96. The lowest BCUT2D eigenvalue weighted by molar-refractivity contribution is 0.0917. The largest absolute Gasteiger partial charge is 0.382 e. The van der Waals surface area contributed by atoms with Gasteiger partial charge in [-0.05, 0) is 32.2 Å². The van der Waals surface area contributed by atoms with Gasteiger partial charge in [0, 0.05) is 18.4 Å². The third kappa shape index (κ3) is 1.92. The smallest absolute Gasteiger partial charge is 0.274 e. The summed E-state index contributed by atoms with van der Waals surface area (Å²) in [7, 11) is 0. The van der Waals surface area contributed by atoms with Gasteiger partial charge in [-0.1, -0.05) is 0 Å². The lowest BCUT2D eigenvalue weighted by Gasteiger charge is -2.24. The number of nitrogens with one attached hydrogen (secondary N) is 2. The Balaban J connectivity index is 1.73. The molecular formula is C12H17N5O. The molecule has 1 aromatic heterocycles. The van der Waals surface area contributed by atoms with Crippen molar-refractivity contribution < 1.29 is 4.79 Å². The zero-order chi connectivity index (χ0) is 12.6. The van der Waals surface area contributed by atoms with E-state index >= 15 is 0 Å². The van der Waals surface area contributed by atoms with Crippen LogP contribution in [0.2, 0.25) is 0 Å². The van der Waals surface area contributed by atoms with Gasteiger partial charge in [0.2, 0.25) is 0 Å². The van der Waals surface area contributed by atoms with Crippen LogP contribution in [0.15, 0.2) is 12.4 Å². The zero-order valence-electron chi connectivity index (χ0n) is 10.1. The van der Waals surface area contributed by atoms with E-state index in [1.54, 1.807) is 0 Å². The average Bonchev–Trinajstić information content (AvgIpc) is 2.93. The molecule has 18 heavy (non-hydrogen) atoms. The van der Waals surface area contributed by atoms with Crippen molar-refractivity contribution in [1.82, 2.24) is 20.6 Å². The maximum absolute atomic E-state index is 12.2. The minimum absolute atomic E-state index is 0.0858. The molecule has 1 saturated heterocycles. The highest BCUT2D eigenvalue weighted by Crippen LogP contribution is 2.41. The number of carbonyl (C=O) groups excluding carboxylic acids is 1. The Morgan fingerprint density at radius 2 is 2.22 bits per heavy atom. The Hall–Kier alpha value is -1.69. The Morgan fingerprint density at radius 3 is 2.83 bits per heavy atom. The van der Waals surface area contributed by atoms with Crippen LogP contribution >= 0.6 is 0 Å². The molecule has 0 aromatic carbocycles. The SMILES string of the molecule is Nc1nccnc1C(=O)NC1(C2CCCN2)CC1. The molecule has 1 atom stereocenters. The van der Waals surface area contributed by atoms with Crippen molar-refractivity contribution in [3.8, 4) is 0 Å². The number of nitrogens with two attached hydrogens (primary N) is 1. The van der Waals surface area contributed by atoms with Crippen LogP contribution in [0.3, 0.4) is 0 Å². The van der Waals surface area contributed by atoms with E-state index in [1.165, 1.54) is 18.8 Å². The van der Waals surface area contributed by atoms with E-state index in [4.69, 9.17) is 5.73 Å². The van der Waals surface area contributed by atoms with Crippen LogP contribution in [0.4, 0.5) is 5.82 Å². The lowest BCUT2D eigenvalue weighted by atomic mass is 10.0. The molecule has 0 radical (unpaired) electrons. The quantitative estimate of drug-likeness (QED) is 0.703. The molecule has 1 aliphatic heterocycles. The van der Waals surface area contributed by atoms with Gasteiger partial charge < -0.3 is 16.4 Å². The van der Waals surface area contributed by atoms with Crippen LogP contribution in [0.1, 0.15) is 36.2 Å². The summed E-state index contributed by atoms with van der Waals surface area (Å²) in [6, 6.07) is 0.388. The van der Waals surface area contributed by atoms with Crippen LogP contribution in [0.25, 0.3) is 0 Å². The summed E-state index contributed by atoms with van der Waals surface area (Å²) in [5.74, 6) is -0.0306. The molecule has 0 spiro atoms. The van der Waals surface area contributed by atoms with E-state index in [-0.39, 0.29) is 23.0 Å². The van der Waals surface area contributed by atoms with Crippen LogP contribution < -0.4 is 16.4 Å². The fraction of sp³-hybridized carbons (Fsp3) is 0.583. The standard InChI is InChI=1S/C12H17N5O/c13-10-9(15-6-7-16-10)11(18)17-12(3-4-12)8-2-1-5-14-8/h6-8,14H,1-5H2,(H2,13,16)(H,17,18). The minimum Gasteiger partial charge on any atom is -0.382 e. The molecule has 1 aliphatic carbocycles. The number of carbonyl (C=O) groups is 1. The van der Waals surface area contributed by atoms with E-state index < -0.39 is 0 Å². The molecular weight excluding hydrogens is 230 g/mol. The molecule has 2 heterocycles.